The minimum atomic E-state index is -0.773. The highest BCUT2D eigenvalue weighted by Gasteiger charge is 2.42. The average molecular weight is 281 g/mol. The van der Waals surface area contributed by atoms with Crippen LogP contribution in [0.2, 0.25) is 0 Å². The van der Waals surface area contributed by atoms with Crippen molar-refractivity contribution in [2.75, 3.05) is 13.1 Å². The van der Waals surface area contributed by atoms with Gasteiger partial charge in [0.15, 0.2) is 0 Å². The Kier molecular flexibility index (Phi) is 4.12. The largest absolute Gasteiger partial charge is 0.481 e. The minimum Gasteiger partial charge on any atom is -0.481 e. The van der Waals surface area contributed by atoms with Gasteiger partial charge in [0.05, 0.1) is 5.92 Å². The summed E-state index contributed by atoms with van der Waals surface area (Å²) in [6.45, 7) is 9.60. The molecule has 1 aliphatic carbocycles. The van der Waals surface area contributed by atoms with E-state index in [0.29, 0.717) is 19.0 Å². The first kappa shape index (κ1) is 15.3. The van der Waals surface area contributed by atoms with Crippen LogP contribution in [0.5, 0.6) is 0 Å². The van der Waals surface area contributed by atoms with Crippen LogP contribution in [0.3, 0.4) is 0 Å². The van der Waals surface area contributed by atoms with E-state index in [4.69, 9.17) is 0 Å². The summed E-state index contributed by atoms with van der Waals surface area (Å²) in [5.41, 5.74) is 0.218. The Hall–Kier alpha value is -1.06. The Morgan fingerprint density at radius 1 is 1.15 bits per heavy atom. The average Bonchev–Trinajstić information content (AvgIpc) is 2.67. The third-order valence-electron chi connectivity index (χ3n) is 4.98. The van der Waals surface area contributed by atoms with Crippen LogP contribution in [0.25, 0.3) is 0 Å². The number of amides is 1. The zero-order valence-corrected chi connectivity index (χ0v) is 13.1. The zero-order chi connectivity index (χ0) is 15.1. The molecule has 0 spiro atoms. The van der Waals surface area contributed by atoms with Crippen molar-refractivity contribution in [3.8, 4) is 0 Å². The maximum atomic E-state index is 12.7. The molecule has 2 unspecified atom stereocenters. The first-order valence-corrected chi connectivity index (χ1v) is 7.71. The first-order valence-electron chi connectivity index (χ1n) is 7.71. The zero-order valence-electron chi connectivity index (χ0n) is 13.1. The van der Waals surface area contributed by atoms with Gasteiger partial charge in [-0.25, -0.2) is 0 Å². The predicted octanol–water partition coefficient (Wildman–Crippen LogP) is 2.63. The van der Waals surface area contributed by atoms with Crippen LogP contribution in [0, 0.1) is 29.1 Å². The number of nitrogens with zero attached hydrogens (tertiary/aromatic N) is 1. The van der Waals surface area contributed by atoms with E-state index in [2.05, 4.69) is 20.8 Å². The molecule has 0 aromatic rings. The predicted molar refractivity (Wildman–Crippen MR) is 77.2 cm³/mol. The van der Waals surface area contributed by atoms with Gasteiger partial charge in [-0.05, 0) is 36.5 Å². The van der Waals surface area contributed by atoms with Gasteiger partial charge in [-0.3, -0.25) is 9.59 Å². The fourth-order valence-corrected chi connectivity index (χ4v) is 4.26. The molecular weight excluding hydrogens is 254 g/mol. The Morgan fingerprint density at radius 3 is 2.30 bits per heavy atom. The molecule has 0 bridgehead atoms. The molecule has 20 heavy (non-hydrogen) atoms. The van der Waals surface area contributed by atoms with Gasteiger partial charge in [-0.15, -0.1) is 0 Å². The summed E-state index contributed by atoms with van der Waals surface area (Å²) in [4.78, 5) is 25.6. The van der Waals surface area contributed by atoms with Gasteiger partial charge in [0.25, 0.3) is 0 Å². The lowest BCUT2D eigenvalue weighted by Crippen LogP contribution is -2.40. The van der Waals surface area contributed by atoms with E-state index in [1.807, 2.05) is 6.92 Å². The molecule has 4 atom stereocenters. The topological polar surface area (TPSA) is 57.6 Å². The van der Waals surface area contributed by atoms with Crippen LogP contribution in [-0.2, 0) is 9.59 Å². The Bertz CT molecular complexity index is 405. The highest BCUT2D eigenvalue weighted by atomic mass is 16.4. The molecular formula is C16H27NO3. The Balaban J connectivity index is 2.03. The van der Waals surface area contributed by atoms with Gasteiger partial charge in [0.1, 0.15) is 0 Å². The van der Waals surface area contributed by atoms with Crippen molar-refractivity contribution in [3.05, 3.63) is 0 Å². The van der Waals surface area contributed by atoms with Crippen LogP contribution in [0.15, 0.2) is 0 Å². The summed E-state index contributed by atoms with van der Waals surface area (Å²) in [5.74, 6) is -0.277. The summed E-state index contributed by atoms with van der Waals surface area (Å²) < 4.78 is 0. The first-order chi connectivity index (χ1) is 9.19. The fourth-order valence-electron chi connectivity index (χ4n) is 4.26. The Labute approximate surface area is 121 Å². The summed E-state index contributed by atoms with van der Waals surface area (Å²) in [7, 11) is 0. The van der Waals surface area contributed by atoms with Crippen molar-refractivity contribution in [2.24, 2.45) is 29.1 Å². The smallest absolute Gasteiger partial charge is 0.308 e. The summed E-state index contributed by atoms with van der Waals surface area (Å²) in [6.07, 6.45) is 3.05. The van der Waals surface area contributed by atoms with Crippen molar-refractivity contribution in [1.29, 1.82) is 0 Å². The van der Waals surface area contributed by atoms with Gasteiger partial charge in [0, 0.05) is 19.0 Å². The fraction of sp³-hybridized carbons (Fsp3) is 0.875. The summed E-state index contributed by atoms with van der Waals surface area (Å²) in [6, 6.07) is 0. The number of rotatable bonds is 2. The van der Waals surface area contributed by atoms with Crippen LogP contribution in [0.1, 0.15) is 47.0 Å². The molecule has 1 aliphatic heterocycles. The minimum absolute atomic E-state index is 0.0606. The number of hydrogen-bond acceptors (Lipinski definition) is 2. The van der Waals surface area contributed by atoms with E-state index in [1.54, 1.807) is 4.90 Å². The molecule has 1 amide bonds. The molecule has 2 aliphatic rings. The van der Waals surface area contributed by atoms with Crippen LogP contribution in [0.4, 0.5) is 0 Å². The molecule has 2 rings (SSSR count). The normalized spacial score (nSPS) is 36.9. The molecule has 114 valence electrons. The lowest BCUT2D eigenvalue weighted by Gasteiger charge is -2.39. The second-order valence-corrected chi connectivity index (χ2v) is 7.78. The van der Waals surface area contributed by atoms with E-state index in [-0.39, 0.29) is 23.2 Å². The monoisotopic (exact) mass is 281 g/mol. The van der Waals surface area contributed by atoms with E-state index >= 15 is 0 Å². The number of carbonyl (C=O) groups is 2. The number of likely N-dealkylation sites (tertiary alicyclic amines) is 1. The van der Waals surface area contributed by atoms with Crippen molar-refractivity contribution in [3.63, 3.8) is 0 Å². The van der Waals surface area contributed by atoms with E-state index in [9.17, 15) is 14.7 Å². The second-order valence-electron chi connectivity index (χ2n) is 7.78. The van der Waals surface area contributed by atoms with Gasteiger partial charge in [-0.2, -0.15) is 0 Å². The van der Waals surface area contributed by atoms with Crippen LogP contribution in [-0.4, -0.2) is 35.0 Å². The van der Waals surface area contributed by atoms with E-state index < -0.39 is 11.9 Å². The maximum Gasteiger partial charge on any atom is 0.308 e. The SMILES string of the molecule is CC1CC(C(=O)N2C[C@@H](C)[C@H](C(=O)O)C2)CC(C)(C)C1. The molecule has 0 aromatic heterocycles. The maximum absolute atomic E-state index is 12.7. The highest BCUT2D eigenvalue weighted by Crippen LogP contribution is 2.42. The number of hydrogen-bond donors (Lipinski definition) is 1. The van der Waals surface area contributed by atoms with Crippen molar-refractivity contribution in [2.45, 2.75) is 47.0 Å². The number of carboxylic acid groups (broad SMARTS) is 1. The number of carbonyl (C=O) groups excluding carboxylic acids is 1. The summed E-state index contributed by atoms with van der Waals surface area (Å²) in [5, 5.41) is 9.18. The van der Waals surface area contributed by atoms with E-state index in [0.717, 1.165) is 12.8 Å². The van der Waals surface area contributed by atoms with Crippen molar-refractivity contribution < 1.29 is 14.7 Å². The lowest BCUT2D eigenvalue weighted by molar-refractivity contribution is -0.142. The van der Waals surface area contributed by atoms with Crippen LogP contribution < -0.4 is 0 Å². The van der Waals surface area contributed by atoms with Gasteiger partial charge in [0.2, 0.25) is 5.91 Å². The standard InChI is InChI=1S/C16H27NO3/c1-10-5-12(7-16(3,4)6-10)14(18)17-8-11(2)13(9-17)15(19)20/h10-13H,5-9H2,1-4H3,(H,19,20)/t10?,11-,12?,13-/m1/s1. The lowest BCUT2D eigenvalue weighted by atomic mass is 9.67. The van der Waals surface area contributed by atoms with Crippen molar-refractivity contribution in [1.82, 2.24) is 4.90 Å². The highest BCUT2D eigenvalue weighted by molar-refractivity contribution is 5.81. The third-order valence-corrected chi connectivity index (χ3v) is 4.98. The van der Waals surface area contributed by atoms with Crippen LogP contribution >= 0.6 is 0 Å². The molecule has 0 aromatic carbocycles. The van der Waals surface area contributed by atoms with Gasteiger partial charge in [-0.1, -0.05) is 27.7 Å². The molecule has 1 saturated carbocycles. The molecule has 4 nitrogen and oxygen atoms in total. The van der Waals surface area contributed by atoms with Crippen molar-refractivity contribution >= 4 is 11.9 Å². The molecule has 1 N–H and O–H groups in total. The number of carboxylic acids is 1. The van der Waals surface area contributed by atoms with Gasteiger partial charge < -0.3 is 10.0 Å². The van der Waals surface area contributed by atoms with E-state index in [1.165, 1.54) is 6.42 Å². The van der Waals surface area contributed by atoms with Gasteiger partial charge >= 0.3 is 5.97 Å². The second kappa shape index (κ2) is 5.38. The molecule has 1 saturated heterocycles. The summed E-state index contributed by atoms with van der Waals surface area (Å²) >= 11 is 0. The quantitative estimate of drug-likeness (QED) is 0.846. The third kappa shape index (κ3) is 3.15. The molecule has 2 fully saturated rings. The molecule has 0 radical (unpaired) electrons. The molecule has 1 heterocycles. The number of aliphatic carboxylic acids is 1. The Morgan fingerprint density at radius 2 is 1.80 bits per heavy atom. The molecule has 4 heteroatoms.